The molecule has 0 N–H and O–H groups in total. The standard InChI is InChI=1S/C4H3F6I/c1-2(11,3(5,6)7)4(8,9)10/h1H3. The Bertz CT molecular complexity index is 126. The monoisotopic (exact) mass is 292 g/mol. The molecule has 0 aromatic carbocycles. The minimum Gasteiger partial charge on any atom is -0.169 e. The van der Waals surface area contributed by atoms with E-state index >= 15 is 0 Å². The Labute approximate surface area is 72.1 Å². The molecule has 0 atom stereocenters. The number of hydrogen-bond acceptors (Lipinski definition) is 0. The molecule has 0 aromatic rings. The largest absolute Gasteiger partial charge is 0.411 e. The molecule has 0 radical (unpaired) electrons. The van der Waals surface area contributed by atoms with Crippen LogP contribution in [-0.2, 0) is 0 Å². The molecule has 7 heteroatoms. The predicted octanol–water partition coefficient (Wildman–Crippen LogP) is 3.30. The van der Waals surface area contributed by atoms with Gasteiger partial charge in [0.1, 0.15) is 0 Å². The van der Waals surface area contributed by atoms with Crippen LogP contribution in [-0.4, -0.2) is 15.8 Å². The number of halogens is 7. The fourth-order valence-electron chi connectivity index (χ4n) is 0.161. The lowest BCUT2D eigenvalue weighted by Crippen LogP contribution is -2.48. The molecule has 68 valence electrons. The van der Waals surface area contributed by atoms with Crippen molar-refractivity contribution in [2.24, 2.45) is 0 Å². The highest BCUT2D eigenvalue weighted by molar-refractivity contribution is 14.1. The Morgan fingerprint density at radius 2 is 1.00 bits per heavy atom. The summed E-state index contributed by atoms with van der Waals surface area (Å²) in [5.74, 6) is 0. The molecule has 0 aliphatic carbocycles. The molecule has 0 spiro atoms. The Kier molecular flexibility index (Phi) is 2.74. The van der Waals surface area contributed by atoms with Crippen LogP contribution in [0, 0.1) is 0 Å². The molecular weight excluding hydrogens is 289 g/mol. The SMILES string of the molecule is CC(I)(C(F)(F)F)C(F)(F)F. The van der Waals surface area contributed by atoms with E-state index in [0.29, 0.717) is 22.6 Å². The van der Waals surface area contributed by atoms with Crippen LogP contribution in [0.3, 0.4) is 0 Å². The van der Waals surface area contributed by atoms with Gasteiger partial charge in [0.2, 0.25) is 3.42 Å². The van der Waals surface area contributed by atoms with Gasteiger partial charge in [-0.1, -0.05) is 22.6 Å². The molecule has 0 saturated carbocycles. The first-order valence-corrected chi connectivity index (χ1v) is 3.40. The summed E-state index contributed by atoms with van der Waals surface area (Å²) in [6.45, 7) is 0.0908. The first-order valence-electron chi connectivity index (χ1n) is 2.32. The molecule has 0 bridgehead atoms. The highest BCUT2D eigenvalue weighted by atomic mass is 127. The summed E-state index contributed by atoms with van der Waals surface area (Å²) in [7, 11) is 0. The van der Waals surface area contributed by atoms with Crippen molar-refractivity contribution in [1.29, 1.82) is 0 Å². The third kappa shape index (κ3) is 2.12. The van der Waals surface area contributed by atoms with Crippen LogP contribution in [0.2, 0.25) is 0 Å². The third-order valence-corrected chi connectivity index (χ3v) is 2.29. The van der Waals surface area contributed by atoms with Crippen molar-refractivity contribution in [2.75, 3.05) is 0 Å². The van der Waals surface area contributed by atoms with Crippen molar-refractivity contribution in [2.45, 2.75) is 22.7 Å². The van der Waals surface area contributed by atoms with Gasteiger partial charge in [0.05, 0.1) is 0 Å². The van der Waals surface area contributed by atoms with Crippen molar-refractivity contribution in [3.05, 3.63) is 0 Å². The Hall–Kier alpha value is 0.310. The van der Waals surface area contributed by atoms with E-state index < -0.39 is 15.8 Å². The van der Waals surface area contributed by atoms with E-state index in [4.69, 9.17) is 0 Å². The fraction of sp³-hybridized carbons (Fsp3) is 1.00. The lowest BCUT2D eigenvalue weighted by molar-refractivity contribution is -0.252. The predicted molar refractivity (Wildman–Crippen MR) is 34.5 cm³/mol. The summed E-state index contributed by atoms with van der Waals surface area (Å²) >= 11 is 0.339. The van der Waals surface area contributed by atoms with E-state index in [0.717, 1.165) is 0 Å². The van der Waals surface area contributed by atoms with E-state index in [-0.39, 0.29) is 6.92 Å². The summed E-state index contributed by atoms with van der Waals surface area (Å²) in [4.78, 5) is 0. The zero-order valence-corrected chi connectivity index (χ0v) is 7.30. The van der Waals surface area contributed by atoms with Crippen LogP contribution in [0.4, 0.5) is 26.3 Å². The van der Waals surface area contributed by atoms with Crippen molar-refractivity contribution in [1.82, 2.24) is 0 Å². The number of hydrogen-bond donors (Lipinski definition) is 0. The van der Waals surface area contributed by atoms with E-state index in [1.807, 2.05) is 0 Å². The number of rotatable bonds is 0. The molecule has 0 unspecified atom stereocenters. The highest BCUT2D eigenvalue weighted by Crippen LogP contribution is 2.49. The molecule has 0 saturated heterocycles. The van der Waals surface area contributed by atoms with Crippen LogP contribution in [0.1, 0.15) is 6.92 Å². The summed E-state index contributed by atoms with van der Waals surface area (Å²) in [6, 6.07) is 0. The molecule has 0 aliphatic heterocycles. The second-order valence-electron chi connectivity index (χ2n) is 2.00. The van der Waals surface area contributed by atoms with Gasteiger partial charge in [-0.05, 0) is 6.92 Å². The van der Waals surface area contributed by atoms with Gasteiger partial charge in [0, 0.05) is 0 Å². The quantitative estimate of drug-likeness (QED) is 0.365. The zero-order valence-electron chi connectivity index (χ0n) is 5.15. The lowest BCUT2D eigenvalue weighted by Gasteiger charge is -2.27. The molecular formula is C4H3F6I. The average Bonchev–Trinajstić information content (AvgIpc) is 1.58. The van der Waals surface area contributed by atoms with Crippen LogP contribution in [0.15, 0.2) is 0 Å². The molecule has 0 aliphatic rings. The van der Waals surface area contributed by atoms with Gasteiger partial charge >= 0.3 is 12.4 Å². The van der Waals surface area contributed by atoms with Crippen molar-refractivity contribution in [3.8, 4) is 0 Å². The van der Waals surface area contributed by atoms with Crippen molar-refractivity contribution in [3.63, 3.8) is 0 Å². The van der Waals surface area contributed by atoms with E-state index in [2.05, 4.69) is 0 Å². The average molecular weight is 292 g/mol. The Morgan fingerprint density at radius 1 is 0.818 bits per heavy atom. The van der Waals surface area contributed by atoms with E-state index in [9.17, 15) is 26.3 Å². The van der Waals surface area contributed by atoms with Gasteiger partial charge in [0.15, 0.2) is 0 Å². The van der Waals surface area contributed by atoms with Crippen LogP contribution >= 0.6 is 22.6 Å². The summed E-state index contributed by atoms with van der Waals surface area (Å²) in [5, 5.41) is 0. The lowest BCUT2D eigenvalue weighted by atomic mass is 10.2. The summed E-state index contributed by atoms with van der Waals surface area (Å²) in [5.41, 5.74) is 0. The Morgan fingerprint density at radius 3 is 1.00 bits per heavy atom. The molecule has 0 rings (SSSR count). The third-order valence-electron chi connectivity index (χ3n) is 1.06. The van der Waals surface area contributed by atoms with Crippen LogP contribution < -0.4 is 0 Å². The maximum absolute atomic E-state index is 11.6. The maximum atomic E-state index is 11.6. The summed E-state index contributed by atoms with van der Waals surface area (Å²) in [6.07, 6.45) is -10.5. The minimum atomic E-state index is -5.26. The zero-order chi connectivity index (χ0) is 9.50. The van der Waals surface area contributed by atoms with E-state index in [1.54, 1.807) is 0 Å². The summed E-state index contributed by atoms with van der Waals surface area (Å²) < 4.78 is 66.0. The first kappa shape index (κ1) is 11.3. The smallest absolute Gasteiger partial charge is 0.169 e. The van der Waals surface area contributed by atoms with Crippen molar-refractivity contribution >= 4 is 22.6 Å². The number of alkyl halides is 7. The van der Waals surface area contributed by atoms with Gasteiger partial charge in [-0.3, -0.25) is 0 Å². The second-order valence-corrected chi connectivity index (χ2v) is 4.16. The second kappa shape index (κ2) is 2.67. The van der Waals surface area contributed by atoms with Gasteiger partial charge in [-0.15, -0.1) is 0 Å². The van der Waals surface area contributed by atoms with Gasteiger partial charge in [-0.2, -0.15) is 26.3 Å². The van der Waals surface area contributed by atoms with Crippen molar-refractivity contribution < 1.29 is 26.3 Å². The van der Waals surface area contributed by atoms with Gasteiger partial charge in [0.25, 0.3) is 0 Å². The first-order chi connectivity index (χ1) is 4.50. The van der Waals surface area contributed by atoms with Gasteiger partial charge in [-0.25, -0.2) is 0 Å². The van der Waals surface area contributed by atoms with E-state index in [1.165, 1.54) is 0 Å². The molecule has 11 heavy (non-hydrogen) atoms. The van der Waals surface area contributed by atoms with Crippen LogP contribution in [0.5, 0.6) is 0 Å². The van der Waals surface area contributed by atoms with Crippen LogP contribution in [0.25, 0.3) is 0 Å². The fourth-order valence-corrected chi connectivity index (χ4v) is 0.161. The maximum Gasteiger partial charge on any atom is 0.411 e. The van der Waals surface area contributed by atoms with Gasteiger partial charge < -0.3 is 0 Å². The Balaban J connectivity index is 4.75. The molecule has 0 nitrogen and oxygen atoms in total. The minimum absolute atomic E-state index is 0.0908. The molecule has 0 aromatic heterocycles. The molecule has 0 heterocycles. The topological polar surface area (TPSA) is 0 Å². The molecule has 0 fully saturated rings. The molecule has 0 amide bonds. The highest BCUT2D eigenvalue weighted by Gasteiger charge is 2.66. The normalized spacial score (nSPS) is 15.3.